The van der Waals surface area contributed by atoms with E-state index in [-0.39, 0.29) is 11.9 Å². The number of nitrogens with one attached hydrogen (secondary N) is 1. The standard InChI is InChI=1S/C20H23N3O3/c1-13-16(12-21-18(22-13)14-8-4-2-5-9-14)19(24)23-17-11-7-3-6-10-15(17)20(25)26/h2,4-5,8-9,12,15,17H,3,6-7,10-11H2,1H3,(H,23,24)(H,25,26)/t15-,17+/m1/s1. The summed E-state index contributed by atoms with van der Waals surface area (Å²) in [6.45, 7) is 1.77. The molecule has 0 bridgehead atoms. The highest BCUT2D eigenvalue weighted by molar-refractivity contribution is 5.95. The van der Waals surface area contributed by atoms with Crippen LogP contribution in [0.5, 0.6) is 0 Å². The average molecular weight is 353 g/mol. The normalized spacial score (nSPS) is 20.2. The molecule has 6 heteroatoms. The lowest BCUT2D eigenvalue weighted by atomic mass is 9.94. The number of nitrogens with zero attached hydrogens (tertiary/aromatic N) is 2. The molecule has 1 aromatic carbocycles. The lowest BCUT2D eigenvalue weighted by molar-refractivity contribution is -0.142. The zero-order valence-corrected chi connectivity index (χ0v) is 14.8. The Labute approximate surface area is 152 Å². The zero-order valence-electron chi connectivity index (χ0n) is 14.8. The number of carbonyl (C=O) groups is 2. The number of amides is 1. The summed E-state index contributed by atoms with van der Waals surface area (Å²) < 4.78 is 0. The molecule has 1 saturated carbocycles. The van der Waals surface area contributed by atoms with Crippen molar-refractivity contribution in [1.29, 1.82) is 0 Å². The summed E-state index contributed by atoms with van der Waals surface area (Å²) in [4.78, 5) is 33.0. The van der Waals surface area contributed by atoms with Gasteiger partial charge in [0, 0.05) is 17.8 Å². The fraction of sp³-hybridized carbons (Fsp3) is 0.400. The molecule has 3 rings (SSSR count). The average Bonchev–Trinajstić information content (AvgIpc) is 2.87. The van der Waals surface area contributed by atoms with Gasteiger partial charge in [-0.15, -0.1) is 0 Å². The third-order valence-electron chi connectivity index (χ3n) is 4.91. The van der Waals surface area contributed by atoms with Crippen molar-refractivity contribution in [1.82, 2.24) is 15.3 Å². The fourth-order valence-electron chi connectivity index (χ4n) is 3.44. The molecule has 2 aromatic rings. The van der Waals surface area contributed by atoms with Crippen molar-refractivity contribution >= 4 is 11.9 Å². The number of hydrogen-bond acceptors (Lipinski definition) is 4. The molecular weight excluding hydrogens is 330 g/mol. The van der Waals surface area contributed by atoms with Crippen LogP contribution >= 0.6 is 0 Å². The van der Waals surface area contributed by atoms with E-state index < -0.39 is 11.9 Å². The molecule has 0 unspecified atom stereocenters. The minimum Gasteiger partial charge on any atom is -0.481 e. The van der Waals surface area contributed by atoms with Crippen molar-refractivity contribution in [3.05, 3.63) is 47.8 Å². The molecule has 2 N–H and O–H groups in total. The van der Waals surface area contributed by atoms with E-state index in [1.54, 1.807) is 6.92 Å². The molecular formula is C20H23N3O3. The summed E-state index contributed by atoms with van der Waals surface area (Å²) in [5.74, 6) is -1.12. The SMILES string of the molecule is Cc1nc(-c2ccccc2)ncc1C(=O)N[C@H]1CCCCC[C@H]1C(=O)O. The quantitative estimate of drug-likeness (QED) is 0.824. The summed E-state index contributed by atoms with van der Waals surface area (Å²) in [5.41, 5.74) is 1.85. The molecule has 1 heterocycles. The van der Waals surface area contributed by atoms with Gasteiger partial charge in [-0.1, -0.05) is 49.6 Å². The Kier molecular flexibility index (Phi) is 5.61. The van der Waals surface area contributed by atoms with Crippen molar-refractivity contribution in [3.8, 4) is 11.4 Å². The molecule has 0 saturated heterocycles. The van der Waals surface area contributed by atoms with Crippen LogP contribution in [0.15, 0.2) is 36.5 Å². The van der Waals surface area contributed by atoms with E-state index in [0.29, 0.717) is 29.9 Å². The minimum atomic E-state index is -0.843. The topological polar surface area (TPSA) is 92.2 Å². The van der Waals surface area contributed by atoms with Crippen molar-refractivity contribution in [2.45, 2.75) is 45.1 Å². The molecule has 26 heavy (non-hydrogen) atoms. The number of carbonyl (C=O) groups excluding carboxylic acids is 1. The molecule has 0 aliphatic heterocycles. The van der Waals surface area contributed by atoms with Gasteiger partial charge in [0.05, 0.1) is 17.2 Å². The van der Waals surface area contributed by atoms with Crippen molar-refractivity contribution in [2.75, 3.05) is 0 Å². The zero-order chi connectivity index (χ0) is 18.5. The van der Waals surface area contributed by atoms with E-state index in [1.165, 1.54) is 6.20 Å². The van der Waals surface area contributed by atoms with Crippen LogP contribution in [0.4, 0.5) is 0 Å². The molecule has 2 atom stereocenters. The van der Waals surface area contributed by atoms with Gasteiger partial charge in [0.2, 0.25) is 0 Å². The molecule has 1 aliphatic rings. The number of aryl methyl sites for hydroxylation is 1. The van der Waals surface area contributed by atoms with Crippen LogP contribution in [0, 0.1) is 12.8 Å². The highest BCUT2D eigenvalue weighted by Crippen LogP contribution is 2.24. The maximum atomic E-state index is 12.7. The lowest BCUT2D eigenvalue weighted by Gasteiger charge is -2.23. The molecule has 1 amide bonds. The van der Waals surface area contributed by atoms with E-state index in [1.807, 2.05) is 30.3 Å². The predicted molar refractivity (Wildman–Crippen MR) is 97.7 cm³/mol. The summed E-state index contributed by atoms with van der Waals surface area (Å²) in [7, 11) is 0. The highest BCUT2D eigenvalue weighted by Gasteiger charge is 2.31. The van der Waals surface area contributed by atoms with Crippen LogP contribution in [-0.4, -0.2) is 33.0 Å². The maximum Gasteiger partial charge on any atom is 0.308 e. The Balaban J connectivity index is 1.78. The summed E-state index contributed by atoms with van der Waals surface area (Å²) in [5, 5.41) is 12.4. The van der Waals surface area contributed by atoms with Gasteiger partial charge in [-0.2, -0.15) is 0 Å². The molecule has 0 radical (unpaired) electrons. The van der Waals surface area contributed by atoms with Crippen LogP contribution in [0.2, 0.25) is 0 Å². The van der Waals surface area contributed by atoms with Gasteiger partial charge < -0.3 is 10.4 Å². The van der Waals surface area contributed by atoms with Gasteiger partial charge in [-0.25, -0.2) is 9.97 Å². The smallest absolute Gasteiger partial charge is 0.308 e. The lowest BCUT2D eigenvalue weighted by Crippen LogP contribution is -2.43. The molecule has 1 aromatic heterocycles. The summed E-state index contributed by atoms with van der Waals surface area (Å²) in [6.07, 6.45) is 5.62. The monoisotopic (exact) mass is 353 g/mol. The van der Waals surface area contributed by atoms with Gasteiger partial charge in [0.25, 0.3) is 5.91 Å². The molecule has 6 nitrogen and oxygen atoms in total. The molecule has 1 fully saturated rings. The van der Waals surface area contributed by atoms with Crippen LogP contribution in [0.3, 0.4) is 0 Å². The third kappa shape index (κ3) is 4.07. The van der Waals surface area contributed by atoms with Crippen molar-refractivity contribution in [2.24, 2.45) is 5.92 Å². The first-order valence-corrected chi connectivity index (χ1v) is 8.99. The Morgan fingerprint density at radius 2 is 1.85 bits per heavy atom. The Bertz CT molecular complexity index is 792. The van der Waals surface area contributed by atoms with E-state index >= 15 is 0 Å². The van der Waals surface area contributed by atoms with E-state index in [4.69, 9.17) is 0 Å². The number of benzene rings is 1. The Morgan fingerprint density at radius 1 is 1.12 bits per heavy atom. The summed E-state index contributed by atoms with van der Waals surface area (Å²) in [6, 6.07) is 9.22. The first-order chi connectivity index (χ1) is 12.6. The van der Waals surface area contributed by atoms with Gasteiger partial charge >= 0.3 is 5.97 Å². The van der Waals surface area contributed by atoms with Gasteiger partial charge in [-0.05, 0) is 19.8 Å². The summed E-state index contributed by atoms with van der Waals surface area (Å²) >= 11 is 0. The van der Waals surface area contributed by atoms with Gasteiger partial charge in [-0.3, -0.25) is 9.59 Å². The number of carboxylic acid groups (broad SMARTS) is 1. The van der Waals surface area contributed by atoms with Gasteiger partial charge in [0.15, 0.2) is 5.82 Å². The Morgan fingerprint density at radius 3 is 2.54 bits per heavy atom. The second kappa shape index (κ2) is 8.08. The molecule has 136 valence electrons. The maximum absolute atomic E-state index is 12.7. The third-order valence-corrected chi connectivity index (χ3v) is 4.91. The van der Waals surface area contributed by atoms with Crippen LogP contribution in [0.25, 0.3) is 11.4 Å². The number of aromatic nitrogens is 2. The van der Waals surface area contributed by atoms with Gasteiger partial charge in [0.1, 0.15) is 0 Å². The predicted octanol–water partition coefficient (Wildman–Crippen LogP) is 3.22. The first kappa shape index (κ1) is 18.0. The van der Waals surface area contributed by atoms with E-state index in [0.717, 1.165) is 24.8 Å². The fourth-order valence-corrected chi connectivity index (χ4v) is 3.44. The van der Waals surface area contributed by atoms with Crippen LogP contribution in [0.1, 0.15) is 48.2 Å². The van der Waals surface area contributed by atoms with E-state index in [9.17, 15) is 14.7 Å². The van der Waals surface area contributed by atoms with Crippen LogP contribution in [-0.2, 0) is 4.79 Å². The Hall–Kier alpha value is -2.76. The highest BCUT2D eigenvalue weighted by atomic mass is 16.4. The van der Waals surface area contributed by atoms with E-state index in [2.05, 4.69) is 15.3 Å². The number of aliphatic carboxylic acids is 1. The largest absolute Gasteiger partial charge is 0.481 e. The number of hydrogen-bond donors (Lipinski definition) is 2. The van der Waals surface area contributed by atoms with Crippen LogP contribution < -0.4 is 5.32 Å². The number of rotatable bonds is 4. The first-order valence-electron chi connectivity index (χ1n) is 8.99. The van der Waals surface area contributed by atoms with Crippen molar-refractivity contribution < 1.29 is 14.7 Å². The molecule has 0 spiro atoms. The second-order valence-corrected chi connectivity index (χ2v) is 6.72. The minimum absolute atomic E-state index is 0.305. The molecule has 1 aliphatic carbocycles. The second-order valence-electron chi connectivity index (χ2n) is 6.72. The number of carboxylic acids is 1. The van der Waals surface area contributed by atoms with Crippen molar-refractivity contribution in [3.63, 3.8) is 0 Å².